The molecule has 86 valence electrons. The largest absolute Gasteiger partial charge is 0.326 e. The third-order valence-electron chi connectivity index (χ3n) is 2.63. The topological polar surface area (TPSA) is 37.8 Å². The normalized spacial score (nSPS) is 12.2. The van der Waals surface area contributed by atoms with Crippen LogP contribution in [0.1, 0.15) is 26.3 Å². The molecule has 3 nitrogen and oxygen atoms in total. The number of H-pyrrole nitrogens is 1. The Kier molecular flexibility index (Phi) is 2.41. The Morgan fingerprint density at radius 3 is 2.62 bits per heavy atom. The number of benzene rings is 1. The number of hydrogen-bond acceptors (Lipinski definition) is 1. The fraction of sp³-hybridized carbons (Fsp3) is 0.462. The number of rotatable bonds is 1. The summed E-state index contributed by atoms with van der Waals surface area (Å²) in [5, 5.41) is 0. The molecule has 3 heteroatoms. The molecule has 0 aliphatic rings. The van der Waals surface area contributed by atoms with E-state index in [1.807, 2.05) is 29.7 Å². The van der Waals surface area contributed by atoms with Crippen LogP contribution in [0.4, 0.5) is 0 Å². The van der Waals surface area contributed by atoms with E-state index >= 15 is 0 Å². The molecule has 0 fully saturated rings. The molecule has 0 spiro atoms. The van der Waals surface area contributed by atoms with Gasteiger partial charge in [0, 0.05) is 6.54 Å². The lowest BCUT2D eigenvalue weighted by molar-refractivity contribution is 0.344. The molecule has 0 aliphatic carbocycles. The average Bonchev–Trinajstić information content (AvgIpc) is 2.42. The van der Waals surface area contributed by atoms with Gasteiger partial charge in [0.1, 0.15) is 0 Å². The van der Waals surface area contributed by atoms with Crippen molar-refractivity contribution in [3.05, 3.63) is 34.2 Å². The van der Waals surface area contributed by atoms with E-state index in [1.165, 1.54) is 0 Å². The van der Waals surface area contributed by atoms with Gasteiger partial charge in [-0.1, -0.05) is 32.9 Å². The lowest BCUT2D eigenvalue weighted by atomic mass is 9.97. The fourth-order valence-corrected chi connectivity index (χ4v) is 2.03. The average molecular weight is 218 g/mol. The Morgan fingerprint density at radius 1 is 1.31 bits per heavy atom. The number of para-hydroxylation sites is 1. The van der Waals surface area contributed by atoms with Crippen molar-refractivity contribution in [3.8, 4) is 0 Å². The fourth-order valence-electron chi connectivity index (χ4n) is 2.03. The number of fused-ring (bicyclic) bond motifs is 1. The molecule has 2 rings (SSSR count). The van der Waals surface area contributed by atoms with Crippen LogP contribution in [0.25, 0.3) is 11.0 Å². The first-order valence-corrected chi connectivity index (χ1v) is 5.57. The summed E-state index contributed by atoms with van der Waals surface area (Å²) in [6.07, 6.45) is 0. The highest BCUT2D eigenvalue weighted by Gasteiger charge is 2.16. The first-order chi connectivity index (χ1) is 7.38. The van der Waals surface area contributed by atoms with Crippen molar-refractivity contribution in [2.45, 2.75) is 34.2 Å². The number of aromatic nitrogens is 2. The second-order valence-corrected chi connectivity index (χ2v) is 5.55. The second-order valence-electron chi connectivity index (χ2n) is 5.55. The molecule has 1 aromatic carbocycles. The van der Waals surface area contributed by atoms with Crippen LogP contribution < -0.4 is 5.69 Å². The molecule has 0 amide bonds. The minimum absolute atomic E-state index is 0.0146. The molecule has 1 aromatic heterocycles. The van der Waals surface area contributed by atoms with E-state index in [0.717, 1.165) is 23.1 Å². The number of hydrogen-bond donors (Lipinski definition) is 1. The van der Waals surface area contributed by atoms with Crippen molar-refractivity contribution in [3.63, 3.8) is 0 Å². The first kappa shape index (κ1) is 11.0. The van der Waals surface area contributed by atoms with E-state index in [0.29, 0.717) is 0 Å². The smallest absolute Gasteiger partial charge is 0.306 e. The summed E-state index contributed by atoms with van der Waals surface area (Å²) in [7, 11) is 0. The van der Waals surface area contributed by atoms with Gasteiger partial charge >= 0.3 is 5.69 Å². The highest BCUT2D eigenvalue weighted by molar-refractivity contribution is 5.78. The zero-order chi connectivity index (χ0) is 11.9. The molecule has 0 aliphatic heterocycles. The maximum Gasteiger partial charge on any atom is 0.326 e. The number of aromatic amines is 1. The molecule has 16 heavy (non-hydrogen) atoms. The van der Waals surface area contributed by atoms with Crippen molar-refractivity contribution < 1.29 is 0 Å². The molecule has 2 aromatic rings. The predicted octanol–water partition coefficient (Wildman–Crippen LogP) is 2.68. The summed E-state index contributed by atoms with van der Waals surface area (Å²) in [5.41, 5.74) is 3.18. The van der Waals surface area contributed by atoms with Crippen LogP contribution >= 0.6 is 0 Å². The molecular formula is C13H18N2O. The summed E-state index contributed by atoms with van der Waals surface area (Å²) < 4.78 is 1.84. The molecule has 0 atom stereocenters. The van der Waals surface area contributed by atoms with Crippen molar-refractivity contribution in [1.29, 1.82) is 0 Å². The van der Waals surface area contributed by atoms with E-state index in [1.54, 1.807) is 0 Å². The quantitative estimate of drug-likeness (QED) is 0.785. The molecule has 0 unspecified atom stereocenters. The van der Waals surface area contributed by atoms with Crippen molar-refractivity contribution >= 4 is 11.0 Å². The molecule has 0 radical (unpaired) electrons. The molecular weight excluding hydrogens is 200 g/mol. The number of imidazole rings is 1. The Hall–Kier alpha value is -1.51. The zero-order valence-electron chi connectivity index (χ0n) is 10.3. The van der Waals surface area contributed by atoms with Gasteiger partial charge in [-0.2, -0.15) is 0 Å². The summed E-state index contributed by atoms with van der Waals surface area (Å²) in [6.45, 7) is 9.18. The van der Waals surface area contributed by atoms with E-state index in [9.17, 15) is 4.79 Å². The van der Waals surface area contributed by atoms with Crippen LogP contribution in [0.3, 0.4) is 0 Å². The van der Waals surface area contributed by atoms with Crippen LogP contribution in [0.15, 0.2) is 23.0 Å². The highest BCUT2D eigenvalue weighted by atomic mass is 16.1. The van der Waals surface area contributed by atoms with Gasteiger partial charge in [-0.15, -0.1) is 0 Å². The van der Waals surface area contributed by atoms with Crippen molar-refractivity contribution in [1.82, 2.24) is 9.55 Å². The van der Waals surface area contributed by atoms with Gasteiger partial charge in [0.25, 0.3) is 0 Å². The molecule has 1 heterocycles. The van der Waals surface area contributed by atoms with Gasteiger partial charge in [-0.05, 0) is 24.0 Å². The van der Waals surface area contributed by atoms with E-state index < -0.39 is 0 Å². The Morgan fingerprint density at radius 2 is 2.00 bits per heavy atom. The Labute approximate surface area is 95.1 Å². The molecule has 0 saturated heterocycles. The maximum atomic E-state index is 11.9. The molecule has 0 bridgehead atoms. The lowest BCUT2D eigenvalue weighted by Crippen LogP contribution is -2.24. The van der Waals surface area contributed by atoms with Gasteiger partial charge in [-0.25, -0.2) is 4.79 Å². The molecule has 0 saturated carbocycles. The summed E-state index contributed by atoms with van der Waals surface area (Å²) in [4.78, 5) is 14.8. The Bertz CT molecular complexity index is 570. The zero-order valence-corrected chi connectivity index (χ0v) is 10.3. The number of nitrogens with zero attached hydrogens (tertiary/aromatic N) is 1. The van der Waals surface area contributed by atoms with Crippen molar-refractivity contribution in [2.24, 2.45) is 5.41 Å². The number of aryl methyl sites for hydroxylation is 1. The first-order valence-electron chi connectivity index (χ1n) is 5.57. The monoisotopic (exact) mass is 218 g/mol. The number of nitrogens with one attached hydrogen (secondary N) is 1. The van der Waals surface area contributed by atoms with Gasteiger partial charge in [0.05, 0.1) is 11.0 Å². The van der Waals surface area contributed by atoms with Crippen LogP contribution in [-0.2, 0) is 6.54 Å². The molecule has 1 N–H and O–H groups in total. The van der Waals surface area contributed by atoms with Gasteiger partial charge in [-0.3, -0.25) is 4.57 Å². The minimum atomic E-state index is -0.0146. The third kappa shape index (κ3) is 1.90. The van der Waals surface area contributed by atoms with E-state index in [4.69, 9.17) is 0 Å². The Balaban J connectivity index is 2.69. The predicted molar refractivity (Wildman–Crippen MR) is 66.8 cm³/mol. The minimum Gasteiger partial charge on any atom is -0.306 e. The third-order valence-corrected chi connectivity index (χ3v) is 2.63. The van der Waals surface area contributed by atoms with E-state index in [-0.39, 0.29) is 11.1 Å². The van der Waals surface area contributed by atoms with Crippen LogP contribution in [0.5, 0.6) is 0 Å². The van der Waals surface area contributed by atoms with Gasteiger partial charge in [0.2, 0.25) is 0 Å². The lowest BCUT2D eigenvalue weighted by Gasteiger charge is -2.19. The summed E-state index contributed by atoms with van der Waals surface area (Å²) in [5.74, 6) is 0. The van der Waals surface area contributed by atoms with Crippen LogP contribution in [0, 0.1) is 12.3 Å². The maximum absolute atomic E-state index is 11.9. The summed E-state index contributed by atoms with van der Waals surface area (Å²) in [6, 6.07) is 5.95. The van der Waals surface area contributed by atoms with Crippen LogP contribution in [0.2, 0.25) is 0 Å². The second kappa shape index (κ2) is 3.51. The van der Waals surface area contributed by atoms with Crippen molar-refractivity contribution in [2.75, 3.05) is 0 Å². The summed E-state index contributed by atoms with van der Waals surface area (Å²) >= 11 is 0. The van der Waals surface area contributed by atoms with Gasteiger partial charge < -0.3 is 4.98 Å². The highest BCUT2D eigenvalue weighted by Crippen LogP contribution is 2.20. The van der Waals surface area contributed by atoms with Gasteiger partial charge in [0.15, 0.2) is 0 Å². The standard InChI is InChI=1S/C13H18N2O/c1-9-6-5-7-10-11(9)15(12(16)14-10)8-13(2,3)4/h5-7H,8H2,1-4H3,(H,14,16). The SMILES string of the molecule is Cc1cccc2[nH]c(=O)n(CC(C)(C)C)c12. The van der Waals surface area contributed by atoms with E-state index in [2.05, 4.69) is 25.8 Å². The van der Waals surface area contributed by atoms with Crippen LogP contribution in [-0.4, -0.2) is 9.55 Å².